The van der Waals surface area contributed by atoms with Crippen molar-refractivity contribution in [1.82, 2.24) is 14.5 Å². The number of nitrogens with zero attached hydrogens (tertiary/aromatic N) is 3. The molecule has 3 aromatic carbocycles. The van der Waals surface area contributed by atoms with Crippen molar-refractivity contribution in [2.24, 2.45) is 11.8 Å². The molecule has 0 bridgehead atoms. The van der Waals surface area contributed by atoms with Gasteiger partial charge in [-0.05, 0) is 85.8 Å². The SMILES string of the molecule is COc1ccccc1-c1nc2ccc(Oc3ccc(F)cc3)cc2c(=O)n1CC1CCCN(CC(C)C)C1. The predicted molar refractivity (Wildman–Crippen MR) is 148 cm³/mol. The molecule has 0 N–H and O–H groups in total. The minimum Gasteiger partial charge on any atom is -0.496 e. The van der Waals surface area contributed by atoms with E-state index >= 15 is 0 Å². The van der Waals surface area contributed by atoms with Gasteiger partial charge in [0, 0.05) is 19.6 Å². The first-order valence-electron chi connectivity index (χ1n) is 13.2. The molecule has 1 aromatic heterocycles. The van der Waals surface area contributed by atoms with Crippen molar-refractivity contribution in [2.75, 3.05) is 26.7 Å². The van der Waals surface area contributed by atoms with Crippen LogP contribution in [0.2, 0.25) is 0 Å². The van der Waals surface area contributed by atoms with E-state index in [1.54, 1.807) is 37.4 Å². The lowest BCUT2D eigenvalue weighted by atomic mass is 9.96. The summed E-state index contributed by atoms with van der Waals surface area (Å²) in [6.07, 6.45) is 2.19. The molecule has 0 amide bonds. The highest BCUT2D eigenvalue weighted by Gasteiger charge is 2.24. The van der Waals surface area contributed by atoms with Crippen LogP contribution in [0.4, 0.5) is 4.39 Å². The van der Waals surface area contributed by atoms with E-state index in [9.17, 15) is 9.18 Å². The smallest absolute Gasteiger partial charge is 0.261 e. The van der Waals surface area contributed by atoms with Gasteiger partial charge in [-0.2, -0.15) is 0 Å². The number of para-hydroxylation sites is 1. The van der Waals surface area contributed by atoms with Gasteiger partial charge in [0.25, 0.3) is 5.56 Å². The van der Waals surface area contributed by atoms with Crippen molar-refractivity contribution in [3.8, 4) is 28.6 Å². The third kappa shape index (κ3) is 5.73. The maximum Gasteiger partial charge on any atom is 0.261 e. The highest BCUT2D eigenvalue weighted by molar-refractivity contribution is 5.82. The fourth-order valence-electron chi connectivity index (χ4n) is 5.35. The van der Waals surface area contributed by atoms with E-state index < -0.39 is 0 Å². The Balaban J connectivity index is 1.57. The highest BCUT2D eigenvalue weighted by atomic mass is 19.1. The molecule has 5 rings (SSSR count). The summed E-state index contributed by atoms with van der Waals surface area (Å²) in [5, 5.41) is 0.484. The normalized spacial score (nSPS) is 16.2. The lowest BCUT2D eigenvalue weighted by Gasteiger charge is -2.34. The molecule has 2 heterocycles. The van der Waals surface area contributed by atoms with Crippen molar-refractivity contribution in [3.05, 3.63) is 82.9 Å². The van der Waals surface area contributed by atoms with Crippen LogP contribution in [0.15, 0.2) is 71.5 Å². The molecule has 6 nitrogen and oxygen atoms in total. The van der Waals surface area contributed by atoms with Crippen LogP contribution in [0.1, 0.15) is 26.7 Å². The lowest BCUT2D eigenvalue weighted by Crippen LogP contribution is -2.40. The number of rotatable bonds is 8. The standard InChI is InChI=1S/C31H34FN3O3/c1-21(2)18-34-16-6-7-22(19-34)20-35-30(26-8-4-5-9-29(26)37-3)33-28-15-14-25(17-27(28)31(35)36)38-24-12-10-23(32)11-13-24/h4-5,8-15,17,21-22H,6-7,16,18-20H2,1-3H3. The van der Waals surface area contributed by atoms with Crippen molar-refractivity contribution in [1.29, 1.82) is 0 Å². The van der Waals surface area contributed by atoms with Crippen LogP contribution >= 0.6 is 0 Å². The molecule has 0 saturated carbocycles. The molecule has 0 radical (unpaired) electrons. The predicted octanol–water partition coefficient (Wildman–Crippen LogP) is 6.37. The second kappa shape index (κ2) is 11.4. The number of hydrogen-bond donors (Lipinski definition) is 0. The van der Waals surface area contributed by atoms with E-state index in [-0.39, 0.29) is 11.4 Å². The summed E-state index contributed by atoms with van der Waals surface area (Å²) >= 11 is 0. The quantitative estimate of drug-likeness (QED) is 0.273. The van der Waals surface area contributed by atoms with Gasteiger partial charge in [-0.3, -0.25) is 9.36 Å². The Kier molecular flexibility index (Phi) is 7.74. The molecule has 38 heavy (non-hydrogen) atoms. The van der Waals surface area contributed by atoms with E-state index in [0.717, 1.165) is 38.0 Å². The van der Waals surface area contributed by atoms with Crippen LogP contribution in [0.25, 0.3) is 22.3 Å². The fraction of sp³-hybridized carbons (Fsp3) is 0.355. The number of methoxy groups -OCH3 is 1. The molecule has 1 saturated heterocycles. The minimum absolute atomic E-state index is 0.110. The summed E-state index contributed by atoms with van der Waals surface area (Å²) in [7, 11) is 1.63. The van der Waals surface area contributed by atoms with Gasteiger partial charge < -0.3 is 14.4 Å². The van der Waals surface area contributed by atoms with Crippen LogP contribution in [-0.4, -0.2) is 41.2 Å². The topological polar surface area (TPSA) is 56.6 Å². The molecule has 198 valence electrons. The number of aromatic nitrogens is 2. The Bertz CT molecular complexity index is 1470. The van der Waals surface area contributed by atoms with Gasteiger partial charge in [0.05, 0.1) is 23.6 Å². The van der Waals surface area contributed by atoms with Gasteiger partial charge in [0.1, 0.15) is 28.9 Å². The van der Waals surface area contributed by atoms with E-state index in [4.69, 9.17) is 14.5 Å². The minimum atomic E-state index is -0.332. The van der Waals surface area contributed by atoms with Crippen LogP contribution in [-0.2, 0) is 6.54 Å². The average Bonchev–Trinajstić information content (AvgIpc) is 2.91. The number of ether oxygens (including phenoxy) is 2. The molecular weight excluding hydrogens is 481 g/mol. The van der Waals surface area contributed by atoms with Crippen molar-refractivity contribution < 1.29 is 13.9 Å². The summed E-state index contributed by atoms with van der Waals surface area (Å²) in [5.41, 5.74) is 1.26. The number of hydrogen-bond acceptors (Lipinski definition) is 5. The van der Waals surface area contributed by atoms with Crippen molar-refractivity contribution >= 4 is 10.9 Å². The van der Waals surface area contributed by atoms with Crippen LogP contribution in [0.3, 0.4) is 0 Å². The molecular formula is C31H34FN3O3. The van der Waals surface area contributed by atoms with Crippen LogP contribution in [0, 0.1) is 17.7 Å². The highest BCUT2D eigenvalue weighted by Crippen LogP contribution is 2.31. The number of fused-ring (bicyclic) bond motifs is 1. The van der Waals surface area contributed by atoms with Gasteiger partial charge in [-0.1, -0.05) is 26.0 Å². The Hall–Kier alpha value is -3.71. The lowest BCUT2D eigenvalue weighted by molar-refractivity contribution is 0.148. The van der Waals surface area contributed by atoms with Gasteiger partial charge in [-0.25, -0.2) is 9.37 Å². The molecule has 1 aliphatic rings. The first kappa shape index (κ1) is 25.9. The van der Waals surface area contributed by atoms with Gasteiger partial charge in [0.15, 0.2) is 0 Å². The monoisotopic (exact) mass is 515 g/mol. The van der Waals surface area contributed by atoms with Gasteiger partial charge in [0.2, 0.25) is 0 Å². The Morgan fingerprint density at radius 1 is 1.05 bits per heavy atom. The fourth-order valence-corrected chi connectivity index (χ4v) is 5.35. The first-order valence-corrected chi connectivity index (χ1v) is 13.2. The summed E-state index contributed by atoms with van der Waals surface area (Å²) in [6, 6.07) is 18.8. The second-order valence-corrected chi connectivity index (χ2v) is 10.4. The summed E-state index contributed by atoms with van der Waals surface area (Å²) in [5.74, 6) is 2.88. The zero-order valence-electron chi connectivity index (χ0n) is 22.2. The number of piperidine rings is 1. The molecule has 1 unspecified atom stereocenters. The zero-order valence-corrected chi connectivity index (χ0v) is 22.2. The van der Waals surface area contributed by atoms with Crippen LogP contribution in [0.5, 0.6) is 17.2 Å². The molecule has 0 spiro atoms. The summed E-state index contributed by atoms with van der Waals surface area (Å²) in [6.45, 7) is 8.18. The molecule has 1 fully saturated rings. The largest absolute Gasteiger partial charge is 0.496 e. The van der Waals surface area contributed by atoms with Gasteiger partial charge >= 0.3 is 0 Å². The number of likely N-dealkylation sites (tertiary alicyclic amines) is 1. The number of halogens is 1. The van der Waals surface area contributed by atoms with Crippen LogP contribution < -0.4 is 15.0 Å². The van der Waals surface area contributed by atoms with Crippen molar-refractivity contribution in [2.45, 2.75) is 33.2 Å². The second-order valence-electron chi connectivity index (χ2n) is 10.4. The molecule has 1 atom stereocenters. The van der Waals surface area contributed by atoms with E-state index in [0.29, 0.717) is 52.4 Å². The maximum absolute atomic E-state index is 14.1. The van der Waals surface area contributed by atoms with E-state index in [1.165, 1.54) is 12.1 Å². The molecule has 0 aliphatic carbocycles. The van der Waals surface area contributed by atoms with Gasteiger partial charge in [-0.15, -0.1) is 0 Å². The maximum atomic E-state index is 14.1. The summed E-state index contributed by atoms with van der Waals surface area (Å²) in [4.78, 5) is 21.5. The Morgan fingerprint density at radius 3 is 2.58 bits per heavy atom. The average molecular weight is 516 g/mol. The molecule has 1 aliphatic heterocycles. The zero-order chi connectivity index (χ0) is 26.6. The molecule has 7 heteroatoms. The Labute approximate surface area is 222 Å². The number of benzene rings is 3. The van der Waals surface area contributed by atoms with Crippen molar-refractivity contribution in [3.63, 3.8) is 0 Å². The molecule has 4 aromatic rings. The third-order valence-electron chi connectivity index (χ3n) is 6.99. The summed E-state index contributed by atoms with van der Waals surface area (Å²) < 4.78 is 26.7. The van der Waals surface area contributed by atoms with E-state index in [2.05, 4.69) is 18.7 Å². The van der Waals surface area contributed by atoms with E-state index in [1.807, 2.05) is 28.8 Å². The Morgan fingerprint density at radius 2 is 1.82 bits per heavy atom. The third-order valence-corrected chi connectivity index (χ3v) is 6.99. The first-order chi connectivity index (χ1) is 18.4.